The zero-order valence-electron chi connectivity index (χ0n) is 7.19. The Morgan fingerprint density at radius 1 is 1.10 bits per heavy atom. The van der Waals surface area contributed by atoms with Gasteiger partial charge in [0, 0.05) is 6.42 Å². The van der Waals surface area contributed by atoms with Crippen molar-refractivity contribution in [1.82, 2.24) is 0 Å². The number of nitrogens with zero attached hydrogens (tertiary/aromatic N) is 1. The number of rotatable bonds is 0. The van der Waals surface area contributed by atoms with Crippen LogP contribution < -0.4 is 0 Å². The highest BCUT2D eigenvalue weighted by Gasteiger charge is 2.54. The summed E-state index contributed by atoms with van der Waals surface area (Å²) in [7, 11) is 2.43. The van der Waals surface area contributed by atoms with E-state index in [1.807, 2.05) is 0 Å². The molecule has 0 amide bonds. The zero-order valence-corrected chi connectivity index (χ0v) is 7.19. The fraction of sp³-hybridized carbons (Fsp3) is 1.00. The van der Waals surface area contributed by atoms with Gasteiger partial charge in [0.15, 0.2) is 0 Å². The maximum Gasteiger partial charge on any atom is 0.102 e. The largest absolute Gasteiger partial charge is 0.321 e. The summed E-state index contributed by atoms with van der Waals surface area (Å²) in [5.41, 5.74) is 0.693. The van der Waals surface area contributed by atoms with Crippen LogP contribution in [-0.2, 0) is 0 Å². The van der Waals surface area contributed by atoms with Crippen molar-refractivity contribution < 1.29 is 4.48 Å². The van der Waals surface area contributed by atoms with Crippen LogP contribution >= 0.6 is 0 Å². The first-order valence-corrected chi connectivity index (χ1v) is 4.51. The molecule has 0 radical (unpaired) electrons. The highest BCUT2D eigenvalue weighted by Crippen LogP contribution is 2.44. The van der Waals surface area contributed by atoms with Crippen LogP contribution in [0.3, 0.4) is 0 Å². The molecule has 0 spiro atoms. The number of quaternary nitrogens is 1. The Labute approximate surface area is 63.6 Å². The fourth-order valence-electron chi connectivity index (χ4n) is 2.62. The lowest BCUT2D eigenvalue weighted by atomic mass is 9.76. The molecule has 0 aliphatic carbocycles. The third-order valence-electron chi connectivity index (χ3n) is 4.06. The second kappa shape index (κ2) is 1.76. The lowest BCUT2D eigenvalue weighted by Gasteiger charge is -2.60. The molecule has 58 valence electrons. The van der Waals surface area contributed by atoms with E-state index in [9.17, 15) is 0 Å². The number of hydrogen-bond acceptors (Lipinski definition) is 0. The van der Waals surface area contributed by atoms with Gasteiger partial charge in [-0.2, -0.15) is 0 Å². The van der Waals surface area contributed by atoms with Crippen molar-refractivity contribution >= 4 is 0 Å². The van der Waals surface area contributed by atoms with Gasteiger partial charge < -0.3 is 4.48 Å². The van der Waals surface area contributed by atoms with Crippen molar-refractivity contribution in [3.8, 4) is 0 Å². The van der Waals surface area contributed by atoms with Crippen molar-refractivity contribution in [3.05, 3.63) is 0 Å². The molecule has 2 aliphatic heterocycles. The van der Waals surface area contributed by atoms with Crippen LogP contribution in [0, 0.1) is 0 Å². The molecular weight excluding hydrogens is 122 g/mol. The summed E-state index contributed by atoms with van der Waals surface area (Å²) in [6.07, 6.45) is 5.89. The molecule has 0 aromatic carbocycles. The number of piperidine rings is 1. The second-order valence-electron chi connectivity index (χ2n) is 4.55. The summed E-state index contributed by atoms with van der Waals surface area (Å²) in [5.74, 6) is 0. The van der Waals surface area contributed by atoms with Crippen LogP contribution in [0.4, 0.5) is 0 Å². The van der Waals surface area contributed by atoms with Crippen LogP contribution in [0.1, 0.15) is 32.6 Å². The smallest absolute Gasteiger partial charge is 0.102 e. The minimum Gasteiger partial charge on any atom is -0.321 e. The van der Waals surface area contributed by atoms with E-state index in [-0.39, 0.29) is 0 Å². The molecule has 2 atom stereocenters. The topological polar surface area (TPSA) is 0 Å². The first kappa shape index (κ1) is 6.66. The van der Waals surface area contributed by atoms with Gasteiger partial charge in [0.2, 0.25) is 0 Å². The SMILES string of the molecule is CC12CCCC[N+]1(C)CC2. The van der Waals surface area contributed by atoms with Gasteiger partial charge in [-0.25, -0.2) is 0 Å². The Hall–Kier alpha value is -0.0400. The molecule has 0 saturated carbocycles. The molecule has 0 N–H and O–H groups in total. The zero-order chi connectivity index (χ0) is 7.24. The van der Waals surface area contributed by atoms with Crippen LogP contribution in [0.5, 0.6) is 0 Å². The summed E-state index contributed by atoms with van der Waals surface area (Å²) in [5, 5.41) is 0. The molecule has 2 heterocycles. The van der Waals surface area contributed by atoms with Crippen LogP contribution in [0.25, 0.3) is 0 Å². The quantitative estimate of drug-likeness (QED) is 0.450. The molecule has 2 rings (SSSR count). The summed E-state index contributed by atoms with van der Waals surface area (Å²) < 4.78 is 1.38. The third kappa shape index (κ3) is 0.619. The predicted octanol–water partition coefficient (Wildman–Crippen LogP) is 1.78. The number of fused-ring (bicyclic) bond motifs is 1. The van der Waals surface area contributed by atoms with Crippen molar-refractivity contribution in [2.45, 2.75) is 38.1 Å². The van der Waals surface area contributed by atoms with E-state index < -0.39 is 0 Å². The molecule has 10 heavy (non-hydrogen) atoms. The van der Waals surface area contributed by atoms with E-state index in [0.29, 0.717) is 5.54 Å². The third-order valence-corrected chi connectivity index (χ3v) is 4.06. The first-order valence-electron chi connectivity index (χ1n) is 4.51. The summed E-state index contributed by atoms with van der Waals surface area (Å²) in [6, 6.07) is 0. The van der Waals surface area contributed by atoms with Gasteiger partial charge in [-0.3, -0.25) is 0 Å². The monoisotopic (exact) mass is 140 g/mol. The van der Waals surface area contributed by atoms with E-state index >= 15 is 0 Å². The van der Waals surface area contributed by atoms with Crippen molar-refractivity contribution in [2.75, 3.05) is 20.1 Å². The van der Waals surface area contributed by atoms with Gasteiger partial charge >= 0.3 is 0 Å². The van der Waals surface area contributed by atoms with E-state index in [4.69, 9.17) is 0 Å². The molecule has 2 unspecified atom stereocenters. The average Bonchev–Trinajstić information content (AvgIpc) is 1.92. The van der Waals surface area contributed by atoms with Crippen molar-refractivity contribution in [1.29, 1.82) is 0 Å². The highest BCUT2D eigenvalue weighted by molar-refractivity contribution is 4.86. The van der Waals surface area contributed by atoms with Gasteiger partial charge in [-0.05, 0) is 19.8 Å². The van der Waals surface area contributed by atoms with Crippen LogP contribution in [-0.4, -0.2) is 30.2 Å². The van der Waals surface area contributed by atoms with Gasteiger partial charge in [-0.15, -0.1) is 0 Å². The van der Waals surface area contributed by atoms with Crippen molar-refractivity contribution in [3.63, 3.8) is 0 Å². The van der Waals surface area contributed by atoms with E-state index in [2.05, 4.69) is 14.0 Å². The minimum absolute atomic E-state index is 0.693. The Kier molecular flexibility index (Phi) is 1.17. The Morgan fingerprint density at radius 3 is 2.20 bits per heavy atom. The first-order chi connectivity index (χ1) is 4.66. The predicted molar refractivity (Wildman–Crippen MR) is 42.8 cm³/mol. The lowest BCUT2D eigenvalue weighted by molar-refractivity contribution is -1.00. The van der Waals surface area contributed by atoms with Gasteiger partial charge in [0.1, 0.15) is 5.54 Å². The molecular formula is C9H18N+. The molecule has 0 aromatic heterocycles. The van der Waals surface area contributed by atoms with Gasteiger partial charge in [-0.1, -0.05) is 0 Å². The molecule has 2 aliphatic rings. The number of hydrogen-bond donors (Lipinski definition) is 0. The normalized spacial score (nSPS) is 53.4. The Balaban J connectivity index is 2.17. The summed E-state index contributed by atoms with van der Waals surface area (Å²) in [4.78, 5) is 0. The Morgan fingerprint density at radius 2 is 1.90 bits per heavy atom. The van der Waals surface area contributed by atoms with E-state index in [0.717, 1.165) is 0 Å². The summed E-state index contributed by atoms with van der Waals surface area (Å²) >= 11 is 0. The highest BCUT2D eigenvalue weighted by atomic mass is 15.4. The van der Waals surface area contributed by atoms with Crippen LogP contribution in [0.2, 0.25) is 0 Å². The van der Waals surface area contributed by atoms with Crippen LogP contribution in [0.15, 0.2) is 0 Å². The average molecular weight is 140 g/mol. The molecule has 2 fully saturated rings. The molecule has 0 bridgehead atoms. The molecule has 1 heteroatoms. The molecule has 0 aromatic rings. The molecule has 1 nitrogen and oxygen atoms in total. The van der Waals surface area contributed by atoms with Gasteiger partial charge in [0.05, 0.1) is 26.6 Å². The lowest BCUT2D eigenvalue weighted by Crippen LogP contribution is -2.72. The molecule has 2 saturated heterocycles. The van der Waals surface area contributed by atoms with E-state index in [1.54, 1.807) is 0 Å². The fourth-order valence-corrected chi connectivity index (χ4v) is 2.62. The minimum atomic E-state index is 0.693. The second-order valence-corrected chi connectivity index (χ2v) is 4.55. The Bertz CT molecular complexity index is 137. The van der Waals surface area contributed by atoms with Gasteiger partial charge in [0.25, 0.3) is 0 Å². The summed E-state index contributed by atoms with van der Waals surface area (Å²) in [6.45, 7) is 5.35. The van der Waals surface area contributed by atoms with Crippen molar-refractivity contribution in [2.24, 2.45) is 0 Å². The maximum absolute atomic E-state index is 2.47. The maximum atomic E-state index is 2.47. The van der Waals surface area contributed by atoms with E-state index in [1.165, 1.54) is 43.3 Å². The standard InChI is InChI=1S/C9H18N/c1-9-5-3-4-7-10(9,2)8-6-9/h3-8H2,1-2H3/q+1.